The van der Waals surface area contributed by atoms with Crippen LogP contribution in [-0.4, -0.2) is 39.7 Å². The summed E-state index contributed by atoms with van der Waals surface area (Å²) < 4.78 is 8.04. The lowest BCUT2D eigenvalue weighted by Gasteiger charge is -2.27. The lowest BCUT2D eigenvalue weighted by Crippen LogP contribution is -2.29. The van der Waals surface area contributed by atoms with Crippen molar-refractivity contribution in [1.82, 2.24) is 14.5 Å². The SMILES string of the molecule is c1ccc(-n2ccnc2)c(OCC2CN2C2CCC2)c1. The zero-order valence-electron chi connectivity index (χ0n) is 11.5. The Morgan fingerprint density at radius 1 is 1.25 bits per heavy atom. The highest BCUT2D eigenvalue weighted by atomic mass is 16.5. The Morgan fingerprint density at radius 3 is 2.90 bits per heavy atom. The number of imidazole rings is 1. The van der Waals surface area contributed by atoms with E-state index < -0.39 is 0 Å². The number of nitrogens with zero attached hydrogens (tertiary/aromatic N) is 3. The second-order valence-electron chi connectivity index (χ2n) is 5.68. The maximum atomic E-state index is 6.04. The van der Waals surface area contributed by atoms with Crippen molar-refractivity contribution in [2.75, 3.05) is 13.2 Å². The summed E-state index contributed by atoms with van der Waals surface area (Å²) in [5.74, 6) is 0.936. The van der Waals surface area contributed by atoms with Crippen LogP contribution in [0, 0.1) is 0 Å². The predicted molar refractivity (Wildman–Crippen MR) is 77.2 cm³/mol. The summed E-state index contributed by atoms with van der Waals surface area (Å²) in [6.07, 6.45) is 9.69. The third kappa shape index (κ3) is 2.20. The van der Waals surface area contributed by atoms with E-state index in [2.05, 4.69) is 16.0 Å². The van der Waals surface area contributed by atoms with E-state index in [1.54, 1.807) is 12.5 Å². The van der Waals surface area contributed by atoms with Gasteiger partial charge in [0, 0.05) is 25.0 Å². The van der Waals surface area contributed by atoms with Gasteiger partial charge in [0.25, 0.3) is 0 Å². The highest BCUT2D eigenvalue weighted by Crippen LogP contribution is 2.34. The molecule has 20 heavy (non-hydrogen) atoms. The maximum Gasteiger partial charge on any atom is 0.143 e. The van der Waals surface area contributed by atoms with E-state index in [0.29, 0.717) is 6.04 Å². The van der Waals surface area contributed by atoms with E-state index in [4.69, 9.17) is 4.74 Å². The van der Waals surface area contributed by atoms with Gasteiger partial charge in [-0.25, -0.2) is 4.98 Å². The zero-order chi connectivity index (χ0) is 13.4. The average molecular weight is 269 g/mol. The van der Waals surface area contributed by atoms with Crippen LogP contribution in [0.3, 0.4) is 0 Å². The molecule has 1 saturated heterocycles. The van der Waals surface area contributed by atoms with Crippen LogP contribution in [0.1, 0.15) is 19.3 Å². The summed E-state index contributed by atoms with van der Waals surface area (Å²) in [5, 5.41) is 0. The molecule has 1 aromatic heterocycles. The normalized spacial score (nSPS) is 25.2. The van der Waals surface area contributed by atoms with E-state index in [-0.39, 0.29) is 0 Å². The second kappa shape index (κ2) is 4.94. The molecule has 1 aliphatic carbocycles. The number of benzene rings is 1. The van der Waals surface area contributed by atoms with Crippen molar-refractivity contribution >= 4 is 0 Å². The van der Waals surface area contributed by atoms with Crippen molar-refractivity contribution in [3.05, 3.63) is 43.0 Å². The average Bonchev–Trinajstić information content (AvgIpc) is 2.96. The van der Waals surface area contributed by atoms with Crippen molar-refractivity contribution in [3.63, 3.8) is 0 Å². The van der Waals surface area contributed by atoms with E-state index in [0.717, 1.165) is 24.1 Å². The molecule has 0 amide bonds. The van der Waals surface area contributed by atoms with E-state index in [1.807, 2.05) is 29.0 Å². The summed E-state index contributed by atoms with van der Waals surface area (Å²) in [6.45, 7) is 2.00. The standard InChI is InChI=1S/C16H19N3O/c1-2-7-16(15(6-1)18-9-8-17-12-18)20-11-14-10-19(14)13-4-3-5-13/h1-2,6-9,12-14H,3-5,10-11H2. The zero-order valence-corrected chi connectivity index (χ0v) is 11.5. The number of rotatable bonds is 5. The monoisotopic (exact) mass is 269 g/mol. The number of hydrogen-bond donors (Lipinski definition) is 0. The molecule has 4 nitrogen and oxygen atoms in total. The van der Waals surface area contributed by atoms with Gasteiger partial charge in [-0.2, -0.15) is 0 Å². The minimum Gasteiger partial charge on any atom is -0.490 e. The van der Waals surface area contributed by atoms with Gasteiger partial charge in [0.2, 0.25) is 0 Å². The molecule has 1 aromatic carbocycles. The van der Waals surface area contributed by atoms with Crippen LogP contribution in [-0.2, 0) is 0 Å². The fourth-order valence-corrected chi connectivity index (χ4v) is 2.89. The lowest BCUT2D eigenvalue weighted by atomic mass is 9.93. The smallest absolute Gasteiger partial charge is 0.143 e. The van der Waals surface area contributed by atoms with Crippen molar-refractivity contribution < 1.29 is 4.74 Å². The van der Waals surface area contributed by atoms with Gasteiger partial charge in [-0.3, -0.25) is 4.90 Å². The minimum absolute atomic E-state index is 0.621. The molecule has 2 heterocycles. The van der Waals surface area contributed by atoms with Gasteiger partial charge in [-0.1, -0.05) is 18.6 Å². The van der Waals surface area contributed by atoms with E-state index in [9.17, 15) is 0 Å². The van der Waals surface area contributed by atoms with Gasteiger partial charge in [-0.15, -0.1) is 0 Å². The summed E-state index contributed by atoms with van der Waals surface area (Å²) in [7, 11) is 0. The fraction of sp³-hybridized carbons (Fsp3) is 0.438. The first-order chi connectivity index (χ1) is 9.92. The minimum atomic E-state index is 0.621. The molecule has 1 saturated carbocycles. The first-order valence-electron chi connectivity index (χ1n) is 7.38. The summed E-state index contributed by atoms with van der Waals surface area (Å²) >= 11 is 0. The Balaban J connectivity index is 1.42. The molecule has 2 aromatic rings. The number of ether oxygens (including phenoxy) is 1. The molecule has 104 valence electrons. The molecule has 4 rings (SSSR count). The lowest BCUT2D eigenvalue weighted by molar-refractivity contribution is 0.215. The molecule has 4 heteroatoms. The van der Waals surface area contributed by atoms with Crippen molar-refractivity contribution in [1.29, 1.82) is 0 Å². The quantitative estimate of drug-likeness (QED) is 0.781. The molecule has 0 spiro atoms. The van der Waals surface area contributed by atoms with Crippen molar-refractivity contribution in [2.45, 2.75) is 31.3 Å². The molecular weight excluding hydrogens is 250 g/mol. The van der Waals surface area contributed by atoms with Crippen molar-refractivity contribution in [3.8, 4) is 11.4 Å². The van der Waals surface area contributed by atoms with Crippen LogP contribution in [0.25, 0.3) is 5.69 Å². The van der Waals surface area contributed by atoms with Crippen LogP contribution in [0.4, 0.5) is 0 Å². The van der Waals surface area contributed by atoms with Gasteiger partial charge < -0.3 is 9.30 Å². The van der Waals surface area contributed by atoms with Crippen LogP contribution >= 0.6 is 0 Å². The predicted octanol–water partition coefficient (Wildman–Crippen LogP) is 2.49. The Morgan fingerprint density at radius 2 is 2.15 bits per heavy atom. The number of para-hydroxylation sites is 2. The Kier molecular flexibility index (Phi) is 2.96. The summed E-state index contributed by atoms with van der Waals surface area (Å²) in [6, 6.07) is 9.61. The molecule has 0 radical (unpaired) electrons. The third-order valence-corrected chi connectivity index (χ3v) is 4.38. The van der Waals surface area contributed by atoms with E-state index >= 15 is 0 Å². The van der Waals surface area contributed by atoms with Crippen LogP contribution in [0.2, 0.25) is 0 Å². The first-order valence-corrected chi connectivity index (χ1v) is 7.38. The largest absolute Gasteiger partial charge is 0.490 e. The Labute approximate surface area is 119 Å². The molecule has 2 unspecified atom stereocenters. The second-order valence-corrected chi connectivity index (χ2v) is 5.68. The summed E-state index contributed by atoms with van der Waals surface area (Å²) in [5.41, 5.74) is 1.06. The van der Waals surface area contributed by atoms with Crippen molar-refractivity contribution in [2.24, 2.45) is 0 Å². The highest BCUT2D eigenvalue weighted by Gasteiger charge is 2.42. The molecule has 2 atom stereocenters. The molecule has 2 aliphatic rings. The van der Waals surface area contributed by atoms with Gasteiger partial charge in [-0.05, 0) is 25.0 Å². The third-order valence-electron chi connectivity index (χ3n) is 4.38. The van der Waals surface area contributed by atoms with Gasteiger partial charge in [0.05, 0.1) is 18.1 Å². The van der Waals surface area contributed by atoms with Crippen LogP contribution in [0.15, 0.2) is 43.0 Å². The number of aromatic nitrogens is 2. The topological polar surface area (TPSA) is 30.1 Å². The fourth-order valence-electron chi connectivity index (χ4n) is 2.89. The molecular formula is C16H19N3O. The first kappa shape index (κ1) is 12.0. The Hall–Kier alpha value is -1.81. The summed E-state index contributed by atoms with van der Waals surface area (Å²) in [4.78, 5) is 6.67. The number of hydrogen-bond acceptors (Lipinski definition) is 3. The van der Waals surface area contributed by atoms with Crippen LogP contribution in [0.5, 0.6) is 5.75 Å². The molecule has 0 N–H and O–H groups in total. The van der Waals surface area contributed by atoms with Gasteiger partial charge in [0.15, 0.2) is 0 Å². The maximum absolute atomic E-state index is 6.04. The van der Waals surface area contributed by atoms with Gasteiger partial charge in [0.1, 0.15) is 12.4 Å². The molecule has 0 bridgehead atoms. The van der Waals surface area contributed by atoms with E-state index in [1.165, 1.54) is 25.8 Å². The molecule has 2 fully saturated rings. The van der Waals surface area contributed by atoms with Crippen LogP contribution < -0.4 is 4.74 Å². The van der Waals surface area contributed by atoms with Gasteiger partial charge >= 0.3 is 0 Å². The highest BCUT2D eigenvalue weighted by molar-refractivity contribution is 5.46. The Bertz CT molecular complexity index is 577. The molecule has 1 aliphatic heterocycles.